The Morgan fingerprint density at radius 3 is 2.68 bits per heavy atom. The van der Waals surface area contributed by atoms with Crippen LogP contribution in [0.25, 0.3) is 0 Å². The summed E-state index contributed by atoms with van der Waals surface area (Å²) in [5.41, 5.74) is 6.40. The minimum absolute atomic E-state index is 0.0181. The lowest BCUT2D eigenvalue weighted by atomic mass is 10.2. The van der Waals surface area contributed by atoms with E-state index in [1.807, 2.05) is 0 Å². The number of amides is 1. The average Bonchev–Trinajstić information content (AvgIpc) is 2.90. The number of hydrogen-bond acceptors (Lipinski definition) is 5. The molecule has 1 aromatic carbocycles. The van der Waals surface area contributed by atoms with E-state index in [0.29, 0.717) is 11.4 Å². The highest BCUT2D eigenvalue weighted by atomic mass is 16.4. The molecule has 2 aromatic rings. The molecule has 0 aliphatic heterocycles. The summed E-state index contributed by atoms with van der Waals surface area (Å²) in [4.78, 5) is 24.1. The second kappa shape index (κ2) is 5.17. The fraction of sp³-hybridized carbons (Fsp3) is 0.0909. The van der Waals surface area contributed by atoms with Crippen LogP contribution >= 0.6 is 0 Å². The molecule has 0 fully saturated rings. The quantitative estimate of drug-likeness (QED) is 0.671. The van der Waals surface area contributed by atoms with E-state index < -0.39 is 18.4 Å². The number of carbonyl (C=O) groups is 2. The molecule has 8 heteroatoms. The number of rotatable bonds is 4. The highest BCUT2D eigenvalue weighted by Gasteiger charge is 2.23. The maximum absolute atomic E-state index is 12.2. The van der Waals surface area contributed by atoms with Gasteiger partial charge in [-0.05, 0) is 12.1 Å². The average molecular weight is 261 g/mol. The van der Waals surface area contributed by atoms with Gasteiger partial charge in [-0.3, -0.25) is 14.5 Å². The van der Waals surface area contributed by atoms with Gasteiger partial charge in [-0.25, -0.2) is 0 Å². The van der Waals surface area contributed by atoms with Crippen LogP contribution in [0.1, 0.15) is 10.5 Å². The molecule has 4 N–H and O–H groups in total. The fourth-order valence-corrected chi connectivity index (χ4v) is 1.58. The summed E-state index contributed by atoms with van der Waals surface area (Å²) in [6.45, 7) is -0.514. The Bertz CT molecular complexity index is 596. The number of H-pyrrole nitrogens is 1. The first kappa shape index (κ1) is 12.6. The zero-order valence-corrected chi connectivity index (χ0v) is 9.78. The summed E-state index contributed by atoms with van der Waals surface area (Å²) >= 11 is 0. The van der Waals surface area contributed by atoms with Gasteiger partial charge in [-0.2, -0.15) is 15.4 Å². The summed E-state index contributed by atoms with van der Waals surface area (Å²) in [5, 5.41) is 18.4. The number of aromatic nitrogens is 3. The predicted octanol–water partition coefficient (Wildman–Crippen LogP) is 0.118. The Morgan fingerprint density at radius 2 is 2.11 bits per heavy atom. The number of para-hydroxylation sites is 2. The second-order valence-electron chi connectivity index (χ2n) is 3.70. The zero-order valence-electron chi connectivity index (χ0n) is 9.78. The summed E-state index contributed by atoms with van der Waals surface area (Å²) in [7, 11) is 0. The molecule has 0 unspecified atom stereocenters. The molecule has 1 aromatic heterocycles. The summed E-state index contributed by atoms with van der Waals surface area (Å²) in [5.74, 6) is -1.74. The molecular formula is C11H11N5O3. The molecule has 19 heavy (non-hydrogen) atoms. The second-order valence-corrected chi connectivity index (χ2v) is 3.70. The Labute approximate surface area is 107 Å². The van der Waals surface area contributed by atoms with E-state index in [9.17, 15) is 9.59 Å². The van der Waals surface area contributed by atoms with Gasteiger partial charge in [0.15, 0.2) is 5.69 Å². The third kappa shape index (κ3) is 2.68. The minimum Gasteiger partial charge on any atom is -0.480 e. The summed E-state index contributed by atoms with van der Waals surface area (Å²) in [6, 6.07) is 6.51. The molecule has 0 bridgehead atoms. The van der Waals surface area contributed by atoms with E-state index in [4.69, 9.17) is 10.8 Å². The molecular weight excluding hydrogens is 250 g/mol. The van der Waals surface area contributed by atoms with E-state index in [1.54, 1.807) is 24.3 Å². The number of nitrogens with zero attached hydrogens (tertiary/aromatic N) is 3. The lowest BCUT2D eigenvalue weighted by molar-refractivity contribution is -0.135. The third-order valence-corrected chi connectivity index (χ3v) is 2.40. The lowest BCUT2D eigenvalue weighted by Crippen LogP contribution is -2.36. The first-order valence-electron chi connectivity index (χ1n) is 5.33. The van der Waals surface area contributed by atoms with Crippen molar-refractivity contribution in [2.24, 2.45) is 0 Å². The molecule has 0 spiro atoms. The maximum atomic E-state index is 12.2. The van der Waals surface area contributed by atoms with Crippen LogP contribution in [0.3, 0.4) is 0 Å². The molecule has 0 saturated carbocycles. The van der Waals surface area contributed by atoms with Gasteiger partial charge >= 0.3 is 5.97 Å². The molecule has 98 valence electrons. The number of nitrogens with two attached hydrogens (primary N) is 1. The standard InChI is InChI=1S/C11H11N5O3/c12-7-3-1-2-4-9(7)16(6-10(17)18)11(19)8-5-13-15-14-8/h1-5H,6,12H2,(H,17,18)(H,13,14,15). The minimum atomic E-state index is -1.15. The number of nitrogens with one attached hydrogen (secondary N) is 1. The van der Waals surface area contributed by atoms with E-state index in [1.165, 1.54) is 6.20 Å². The van der Waals surface area contributed by atoms with Crippen molar-refractivity contribution in [2.75, 3.05) is 17.2 Å². The van der Waals surface area contributed by atoms with Crippen molar-refractivity contribution in [1.82, 2.24) is 15.4 Å². The number of carboxylic acid groups (broad SMARTS) is 1. The van der Waals surface area contributed by atoms with Crippen molar-refractivity contribution in [3.05, 3.63) is 36.2 Å². The maximum Gasteiger partial charge on any atom is 0.323 e. The van der Waals surface area contributed by atoms with Crippen molar-refractivity contribution < 1.29 is 14.7 Å². The monoisotopic (exact) mass is 261 g/mol. The number of carboxylic acids is 1. The van der Waals surface area contributed by atoms with Gasteiger partial charge in [-0.15, -0.1) is 0 Å². The van der Waals surface area contributed by atoms with Gasteiger partial charge in [0.05, 0.1) is 17.6 Å². The van der Waals surface area contributed by atoms with Crippen molar-refractivity contribution in [3.8, 4) is 0 Å². The van der Waals surface area contributed by atoms with Crippen LogP contribution in [0.15, 0.2) is 30.5 Å². The van der Waals surface area contributed by atoms with Gasteiger partial charge in [0.2, 0.25) is 0 Å². The van der Waals surface area contributed by atoms with E-state index in [-0.39, 0.29) is 5.69 Å². The number of hydrogen-bond donors (Lipinski definition) is 3. The first-order chi connectivity index (χ1) is 9.09. The highest BCUT2D eigenvalue weighted by molar-refractivity contribution is 6.08. The topological polar surface area (TPSA) is 125 Å². The number of carbonyl (C=O) groups excluding carboxylic acids is 1. The normalized spacial score (nSPS) is 10.1. The molecule has 0 radical (unpaired) electrons. The van der Waals surface area contributed by atoms with Crippen LogP contribution in [0, 0.1) is 0 Å². The van der Waals surface area contributed by atoms with Gasteiger partial charge in [0, 0.05) is 0 Å². The predicted molar refractivity (Wildman–Crippen MR) is 66.5 cm³/mol. The number of anilines is 2. The molecule has 8 nitrogen and oxygen atoms in total. The smallest absolute Gasteiger partial charge is 0.323 e. The van der Waals surface area contributed by atoms with Crippen LogP contribution in [0.4, 0.5) is 11.4 Å². The molecule has 1 amide bonds. The highest BCUT2D eigenvalue weighted by Crippen LogP contribution is 2.23. The number of aromatic amines is 1. The molecule has 1 heterocycles. The zero-order chi connectivity index (χ0) is 13.8. The summed E-state index contributed by atoms with van der Waals surface area (Å²) in [6.07, 6.45) is 1.22. The fourth-order valence-electron chi connectivity index (χ4n) is 1.58. The van der Waals surface area contributed by atoms with Crippen molar-refractivity contribution in [1.29, 1.82) is 0 Å². The van der Waals surface area contributed by atoms with Gasteiger partial charge in [0.1, 0.15) is 6.54 Å². The number of nitrogen functional groups attached to an aromatic ring is 1. The largest absolute Gasteiger partial charge is 0.480 e. The van der Waals surface area contributed by atoms with Gasteiger partial charge in [0.25, 0.3) is 5.91 Å². The van der Waals surface area contributed by atoms with Crippen molar-refractivity contribution >= 4 is 23.3 Å². The van der Waals surface area contributed by atoms with Crippen LogP contribution in [0.5, 0.6) is 0 Å². The van der Waals surface area contributed by atoms with Crippen LogP contribution < -0.4 is 10.6 Å². The summed E-state index contributed by atoms with van der Waals surface area (Å²) < 4.78 is 0. The van der Waals surface area contributed by atoms with E-state index >= 15 is 0 Å². The van der Waals surface area contributed by atoms with E-state index in [2.05, 4.69) is 15.4 Å². The number of benzene rings is 1. The number of aliphatic carboxylic acids is 1. The molecule has 0 aliphatic carbocycles. The van der Waals surface area contributed by atoms with Crippen molar-refractivity contribution in [3.63, 3.8) is 0 Å². The van der Waals surface area contributed by atoms with E-state index in [0.717, 1.165) is 4.90 Å². The van der Waals surface area contributed by atoms with Crippen LogP contribution in [-0.4, -0.2) is 38.9 Å². The molecule has 0 aliphatic rings. The van der Waals surface area contributed by atoms with Crippen LogP contribution in [0.2, 0.25) is 0 Å². The Kier molecular flexibility index (Phi) is 3.42. The first-order valence-corrected chi connectivity index (χ1v) is 5.33. The molecule has 0 saturated heterocycles. The van der Waals surface area contributed by atoms with Gasteiger partial charge < -0.3 is 10.8 Å². The lowest BCUT2D eigenvalue weighted by Gasteiger charge is -2.21. The molecule has 2 rings (SSSR count). The Morgan fingerprint density at radius 1 is 1.37 bits per heavy atom. The Hall–Kier alpha value is -2.90. The van der Waals surface area contributed by atoms with Crippen molar-refractivity contribution in [2.45, 2.75) is 0 Å². The SMILES string of the molecule is Nc1ccccc1N(CC(=O)O)C(=O)c1cn[nH]n1. The van der Waals surface area contributed by atoms with Gasteiger partial charge in [-0.1, -0.05) is 12.1 Å². The molecule has 0 atom stereocenters. The van der Waals surface area contributed by atoms with Crippen LogP contribution in [-0.2, 0) is 4.79 Å². The Balaban J connectivity index is 2.39. The third-order valence-electron chi connectivity index (χ3n) is 2.40.